The molecule has 12 heteroatoms. The maximum atomic E-state index is 13.8. The topological polar surface area (TPSA) is 189 Å². The lowest BCUT2D eigenvalue weighted by atomic mass is 9.62. The van der Waals surface area contributed by atoms with Gasteiger partial charge in [-0.3, -0.25) is 24.0 Å². The zero-order valence-corrected chi connectivity index (χ0v) is 36.0. The van der Waals surface area contributed by atoms with Gasteiger partial charge in [0.05, 0.1) is 42.8 Å². The summed E-state index contributed by atoms with van der Waals surface area (Å²) in [7, 11) is 0. The lowest BCUT2D eigenvalue weighted by Gasteiger charge is -2.45. The summed E-state index contributed by atoms with van der Waals surface area (Å²) in [5, 5.41) is 34.1. The summed E-state index contributed by atoms with van der Waals surface area (Å²) in [6, 6.07) is -0.448. The van der Waals surface area contributed by atoms with Gasteiger partial charge in [-0.2, -0.15) is 0 Å². The second kappa shape index (κ2) is 21.9. The van der Waals surface area contributed by atoms with E-state index in [1.807, 2.05) is 0 Å². The van der Waals surface area contributed by atoms with Crippen LogP contribution in [0.2, 0.25) is 0 Å². The van der Waals surface area contributed by atoms with Crippen LogP contribution in [0.1, 0.15) is 162 Å². The van der Waals surface area contributed by atoms with Gasteiger partial charge >= 0.3 is 23.9 Å². The van der Waals surface area contributed by atoms with Crippen LogP contribution in [0.3, 0.4) is 0 Å². The summed E-state index contributed by atoms with van der Waals surface area (Å²) in [6.07, 6.45) is 20.5. The number of hydrogen-bond donors (Lipinski definition) is 5. The van der Waals surface area contributed by atoms with Crippen molar-refractivity contribution in [2.24, 2.45) is 76.9 Å². The maximum absolute atomic E-state index is 13.8. The SMILES string of the molecule is CC1CC(CC2CCC(C(NO)C3CC(C(=O)OCC4CCCCC4)CCC3C(=O)O)C(C)C2)CCC1NC(=O)C1CC(C(=O)OCC2CCCCC2)CCC1C(=O)O. The van der Waals surface area contributed by atoms with E-state index in [2.05, 4.69) is 24.6 Å². The molecule has 1 amide bonds. The lowest BCUT2D eigenvalue weighted by Crippen LogP contribution is -2.51. The summed E-state index contributed by atoms with van der Waals surface area (Å²) < 4.78 is 11.5. The Hall–Kier alpha value is -2.73. The van der Waals surface area contributed by atoms with Gasteiger partial charge in [-0.05, 0) is 150 Å². The normalized spacial score (nSPS) is 36.8. The van der Waals surface area contributed by atoms with Crippen molar-refractivity contribution in [1.29, 1.82) is 0 Å². The van der Waals surface area contributed by atoms with Gasteiger partial charge in [0.15, 0.2) is 0 Å². The highest BCUT2D eigenvalue weighted by Gasteiger charge is 2.47. The van der Waals surface area contributed by atoms with Crippen LogP contribution in [0.15, 0.2) is 0 Å². The largest absolute Gasteiger partial charge is 0.481 e. The fourth-order valence-corrected chi connectivity index (χ4v) is 12.9. The van der Waals surface area contributed by atoms with Gasteiger partial charge in [0.1, 0.15) is 0 Å². The summed E-state index contributed by atoms with van der Waals surface area (Å²) in [5.41, 5.74) is 2.58. The molecule has 0 aromatic heterocycles. The van der Waals surface area contributed by atoms with E-state index in [1.54, 1.807) is 0 Å². The smallest absolute Gasteiger partial charge is 0.308 e. The molecule has 0 bridgehead atoms. The van der Waals surface area contributed by atoms with E-state index in [0.29, 0.717) is 69.0 Å². The van der Waals surface area contributed by atoms with E-state index in [1.165, 1.54) is 38.5 Å². The summed E-state index contributed by atoms with van der Waals surface area (Å²) in [5.74, 6) is -3.46. The third-order valence-corrected chi connectivity index (χ3v) is 16.4. The van der Waals surface area contributed by atoms with Crippen LogP contribution in [-0.2, 0) is 33.4 Å². The van der Waals surface area contributed by atoms with Crippen molar-refractivity contribution >= 4 is 29.8 Å². The Morgan fingerprint density at radius 1 is 0.542 bits per heavy atom. The Labute approximate surface area is 352 Å². The van der Waals surface area contributed by atoms with Crippen LogP contribution < -0.4 is 10.8 Å². The molecule has 0 saturated heterocycles. The zero-order valence-electron chi connectivity index (χ0n) is 36.0. The Balaban J connectivity index is 0.966. The van der Waals surface area contributed by atoms with Crippen molar-refractivity contribution in [2.75, 3.05) is 13.2 Å². The number of ether oxygens (including phenoxy) is 2. The molecule has 6 aliphatic carbocycles. The van der Waals surface area contributed by atoms with Gasteiger partial charge in [0, 0.05) is 12.1 Å². The van der Waals surface area contributed by atoms with Gasteiger partial charge in [0.2, 0.25) is 5.91 Å². The first-order chi connectivity index (χ1) is 28.4. The molecule has 0 aromatic carbocycles. The molecule has 12 nitrogen and oxygen atoms in total. The molecular formula is C47H76N2O10. The molecule has 6 aliphatic rings. The Morgan fingerprint density at radius 2 is 1.07 bits per heavy atom. The number of carbonyl (C=O) groups is 5. The monoisotopic (exact) mass is 829 g/mol. The van der Waals surface area contributed by atoms with E-state index in [9.17, 15) is 39.4 Å². The van der Waals surface area contributed by atoms with Crippen LogP contribution in [0.4, 0.5) is 0 Å². The Kier molecular flexibility index (Phi) is 17.0. The molecule has 5 N–H and O–H groups in total. The molecule has 59 heavy (non-hydrogen) atoms. The van der Waals surface area contributed by atoms with Crippen molar-refractivity contribution in [3.63, 3.8) is 0 Å². The van der Waals surface area contributed by atoms with E-state index >= 15 is 0 Å². The van der Waals surface area contributed by atoms with Gasteiger partial charge in [-0.25, -0.2) is 5.48 Å². The molecule has 0 spiro atoms. The van der Waals surface area contributed by atoms with Crippen LogP contribution in [0.25, 0.3) is 0 Å². The molecular weight excluding hydrogens is 753 g/mol. The molecule has 334 valence electrons. The van der Waals surface area contributed by atoms with Crippen LogP contribution in [0.5, 0.6) is 0 Å². The quantitative estimate of drug-likeness (QED) is 0.0791. The van der Waals surface area contributed by atoms with Crippen molar-refractivity contribution in [2.45, 2.75) is 174 Å². The highest BCUT2D eigenvalue weighted by Crippen LogP contribution is 2.47. The predicted molar refractivity (Wildman–Crippen MR) is 221 cm³/mol. The number of amides is 1. The van der Waals surface area contributed by atoms with Crippen LogP contribution in [-0.4, -0.2) is 70.5 Å². The molecule has 0 heterocycles. The molecule has 13 atom stereocenters. The van der Waals surface area contributed by atoms with Gasteiger partial charge in [-0.15, -0.1) is 0 Å². The molecule has 6 fully saturated rings. The average molecular weight is 829 g/mol. The van der Waals surface area contributed by atoms with E-state index in [4.69, 9.17) is 9.47 Å². The highest BCUT2D eigenvalue weighted by molar-refractivity contribution is 5.86. The third-order valence-electron chi connectivity index (χ3n) is 16.4. The molecule has 6 rings (SSSR count). The van der Waals surface area contributed by atoms with Gasteiger partial charge in [-0.1, -0.05) is 58.8 Å². The summed E-state index contributed by atoms with van der Waals surface area (Å²) in [6.45, 7) is 5.27. The van der Waals surface area contributed by atoms with E-state index < -0.39 is 41.7 Å². The van der Waals surface area contributed by atoms with Crippen molar-refractivity contribution in [1.82, 2.24) is 10.8 Å². The van der Waals surface area contributed by atoms with Crippen molar-refractivity contribution in [3.8, 4) is 0 Å². The van der Waals surface area contributed by atoms with Crippen molar-refractivity contribution in [3.05, 3.63) is 0 Å². The fourth-order valence-electron chi connectivity index (χ4n) is 12.9. The standard InChI is InChI=1S/C47H76N2O10/c1-28-21-32(13-17-36(28)42(49-57)39-24-34(15-18-37(39)44(51)52)46(55)58-26-30-9-5-3-6-10-30)23-33-14-20-41(29(2)22-33)48-43(50)40-25-35(16-19-38(40)45(53)54)47(56)59-27-31-11-7-4-8-12-31/h28-42,49,57H,3-27H2,1-2H3,(H,48,50)(H,51,52)(H,53,54). The van der Waals surface area contributed by atoms with Crippen molar-refractivity contribution < 1.29 is 48.9 Å². The first kappa shape index (κ1) is 45.8. The maximum Gasteiger partial charge on any atom is 0.308 e. The summed E-state index contributed by atoms with van der Waals surface area (Å²) in [4.78, 5) is 64.8. The minimum absolute atomic E-state index is 0.0380. The summed E-state index contributed by atoms with van der Waals surface area (Å²) >= 11 is 0. The number of carboxylic acid groups (broad SMARTS) is 2. The highest BCUT2D eigenvalue weighted by atomic mass is 16.5. The first-order valence-electron chi connectivity index (χ1n) is 23.9. The molecule has 6 saturated carbocycles. The molecule has 13 unspecified atom stereocenters. The van der Waals surface area contributed by atoms with E-state index in [-0.39, 0.29) is 59.9 Å². The van der Waals surface area contributed by atoms with Gasteiger partial charge in [0.25, 0.3) is 0 Å². The third kappa shape index (κ3) is 12.2. The number of hydroxylamine groups is 1. The number of rotatable bonds is 15. The molecule has 0 aromatic rings. The molecule has 0 radical (unpaired) electrons. The Morgan fingerprint density at radius 3 is 1.59 bits per heavy atom. The Bertz CT molecular complexity index is 1410. The fraction of sp³-hybridized carbons (Fsp3) is 0.894. The minimum Gasteiger partial charge on any atom is -0.481 e. The number of carboxylic acids is 2. The first-order valence-corrected chi connectivity index (χ1v) is 23.9. The predicted octanol–water partition coefficient (Wildman–Crippen LogP) is 8.18. The number of carbonyl (C=O) groups excluding carboxylic acids is 3. The van der Waals surface area contributed by atoms with Gasteiger partial charge < -0.3 is 30.2 Å². The number of aliphatic carboxylic acids is 2. The number of nitrogens with one attached hydrogen (secondary N) is 2. The second-order valence-corrected chi connectivity index (χ2v) is 20.4. The van der Waals surface area contributed by atoms with Crippen LogP contribution in [0, 0.1) is 76.9 Å². The van der Waals surface area contributed by atoms with E-state index in [0.717, 1.165) is 70.6 Å². The lowest BCUT2D eigenvalue weighted by molar-refractivity contribution is -0.158. The number of esters is 2. The molecule has 0 aliphatic heterocycles. The minimum atomic E-state index is -0.977. The second-order valence-electron chi connectivity index (χ2n) is 20.4. The average Bonchev–Trinajstić information content (AvgIpc) is 3.24. The van der Waals surface area contributed by atoms with Crippen LogP contribution >= 0.6 is 0 Å². The number of hydrogen-bond acceptors (Lipinski definition) is 9. The zero-order chi connectivity index (χ0) is 42.1.